The zero-order chi connectivity index (χ0) is 18.9. The monoisotopic (exact) mass is 363 g/mol. The molecule has 0 aromatic heterocycles. The second kappa shape index (κ2) is 9.41. The molecule has 2 aromatic rings. The zero-order valence-electron chi connectivity index (χ0n) is 14.2. The van der Waals surface area contributed by atoms with E-state index in [4.69, 9.17) is 9.47 Å². The first-order valence-electron chi connectivity index (χ1n) is 7.77. The topological polar surface area (TPSA) is 56.8 Å². The van der Waals surface area contributed by atoms with Crippen molar-refractivity contribution in [3.63, 3.8) is 0 Å². The number of benzene rings is 2. The standard InChI is InChI=1S/C19H19F2NO4/c1-3-4-13-5-10-16(17(11-13)24-2)25-12-18(23)22-14-6-8-15(9-7-14)26-19(20)21/h3,5-11,19H,1,4,12H2,2H3,(H,22,23). The summed E-state index contributed by atoms with van der Waals surface area (Å²) in [6, 6.07) is 11.0. The molecule has 0 atom stereocenters. The Morgan fingerprint density at radius 3 is 2.54 bits per heavy atom. The van der Waals surface area contributed by atoms with Gasteiger partial charge >= 0.3 is 6.61 Å². The Balaban J connectivity index is 1.91. The van der Waals surface area contributed by atoms with Gasteiger partial charge in [0.15, 0.2) is 18.1 Å². The molecule has 1 N–H and O–H groups in total. The Morgan fingerprint density at radius 1 is 1.19 bits per heavy atom. The van der Waals surface area contributed by atoms with Crippen molar-refractivity contribution in [2.75, 3.05) is 19.0 Å². The summed E-state index contributed by atoms with van der Waals surface area (Å²) in [6.07, 6.45) is 2.47. The molecule has 0 spiro atoms. The van der Waals surface area contributed by atoms with Gasteiger partial charge in [-0.15, -0.1) is 6.58 Å². The summed E-state index contributed by atoms with van der Waals surface area (Å²) in [7, 11) is 1.52. The van der Waals surface area contributed by atoms with Crippen molar-refractivity contribution < 1.29 is 27.8 Å². The molecule has 0 saturated carbocycles. The summed E-state index contributed by atoms with van der Waals surface area (Å²) in [5, 5.41) is 2.60. The first-order valence-corrected chi connectivity index (χ1v) is 7.77. The molecule has 0 aliphatic rings. The molecule has 0 aliphatic heterocycles. The molecule has 2 aromatic carbocycles. The van der Waals surface area contributed by atoms with Crippen LogP contribution in [0.15, 0.2) is 55.1 Å². The van der Waals surface area contributed by atoms with Crippen molar-refractivity contribution in [2.45, 2.75) is 13.0 Å². The maximum absolute atomic E-state index is 12.1. The number of halogens is 2. The van der Waals surface area contributed by atoms with Crippen molar-refractivity contribution in [1.82, 2.24) is 0 Å². The van der Waals surface area contributed by atoms with Crippen LogP contribution in [0.25, 0.3) is 0 Å². The number of carbonyl (C=O) groups is 1. The summed E-state index contributed by atoms with van der Waals surface area (Å²) in [6.45, 7) is 0.561. The molecular weight excluding hydrogens is 344 g/mol. The lowest BCUT2D eigenvalue weighted by Crippen LogP contribution is -2.20. The van der Waals surface area contributed by atoms with Gasteiger partial charge in [-0.3, -0.25) is 4.79 Å². The first-order chi connectivity index (χ1) is 12.5. The predicted molar refractivity (Wildman–Crippen MR) is 94.1 cm³/mol. The Hall–Kier alpha value is -3.09. The Labute approximate surface area is 150 Å². The third-order valence-electron chi connectivity index (χ3n) is 3.33. The van der Waals surface area contributed by atoms with Crippen molar-refractivity contribution in [3.05, 3.63) is 60.7 Å². The van der Waals surface area contributed by atoms with Crippen LogP contribution in [0.3, 0.4) is 0 Å². The highest BCUT2D eigenvalue weighted by molar-refractivity contribution is 5.91. The minimum atomic E-state index is -2.89. The smallest absolute Gasteiger partial charge is 0.387 e. The normalized spacial score (nSPS) is 10.3. The molecular formula is C19H19F2NO4. The van der Waals surface area contributed by atoms with Crippen LogP contribution in [0.4, 0.5) is 14.5 Å². The zero-order valence-corrected chi connectivity index (χ0v) is 14.2. The minimum absolute atomic E-state index is 0.0126. The number of alkyl halides is 2. The van der Waals surface area contributed by atoms with Crippen molar-refractivity contribution in [1.29, 1.82) is 0 Å². The van der Waals surface area contributed by atoms with E-state index in [9.17, 15) is 13.6 Å². The highest BCUT2D eigenvalue weighted by atomic mass is 19.3. The molecule has 5 nitrogen and oxygen atoms in total. The lowest BCUT2D eigenvalue weighted by atomic mass is 10.1. The summed E-state index contributed by atoms with van der Waals surface area (Å²) in [5.74, 6) is 0.574. The molecule has 26 heavy (non-hydrogen) atoms. The van der Waals surface area contributed by atoms with Crippen LogP contribution in [0.5, 0.6) is 17.2 Å². The van der Waals surface area contributed by atoms with E-state index < -0.39 is 12.5 Å². The second-order valence-electron chi connectivity index (χ2n) is 5.22. The van der Waals surface area contributed by atoms with E-state index in [2.05, 4.69) is 16.6 Å². The average molecular weight is 363 g/mol. The quantitative estimate of drug-likeness (QED) is 0.683. The highest BCUT2D eigenvalue weighted by Gasteiger charge is 2.09. The molecule has 0 unspecified atom stereocenters. The number of amides is 1. The lowest BCUT2D eigenvalue weighted by Gasteiger charge is -2.12. The van der Waals surface area contributed by atoms with Gasteiger partial charge in [-0.25, -0.2) is 0 Å². The van der Waals surface area contributed by atoms with E-state index >= 15 is 0 Å². The van der Waals surface area contributed by atoms with E-state index in [1.165, 1.54) is 31.4 Å². The highest BCUT2D eigenvalue weighted by Crippen LogP contribution is 2.28. The van der Waals surface area contributed by atoms with Gasteiger partial charge in [-0.2, -0.15) is 8.78 Å². The van der Waals surface area contributed by atoms with Crippen molar-refractivity contribution >= 4 is 11.6 Å². The maximum atomic E-state index is 12.1. The average Bonchev–Trinajstić information content (AvgIpc) is 2.62. The summed E-state index contributed by atoms with van der Waals surface area (Å²) < 4.78 is 39.2. The van der Waals surface area contributed by atoms with Crippen molar-refractivity contribution in [2.24, 2.45) is 0 Å². The van der Waals surface area contributed by atoms with Gasteiger partial charge in [0.05, 0.1) is 7.11 Å². The molecule has 0 heterocycles. The van der Waals surface area contributed by atoms with Gasteiger partial charge in [0.1, 0.15) is 5.75 Å². The van der Waals surface area contributed by atoms with Gasteiger partial charge in [0.2, 0.25) is 0 Å². The molecule has 0 fully saturated rings. The summed E-state index contributed by atoms with van der Waals surface area (Å²) in [5.41, 5.74) is 1.45. The molecule has 1 amide bonds. The number of nitrogens with one attached hydrogen (secondary N) is 1. The SMILES string of the molecule is C=CCc1ccc(OCC(=O)Nc2ccc(OC(F)F)cc2)c(OC)c1. The first kappa shape index (κ1) is 19.2. The van der Waals surface area contributed by atoms with Crippen LogP contribution in [0.1, 0.15) is 5.56 Å². The van der Waals surface area contributed by atoms with Crippen LogP contribution in [0, 0.1) is 0 Å². The molecule has 0 bridgehead atoms. The van der Waals surface area contributed by atoms with Crippen LogP contribution in [-0.2, 0) is 11.2 Å². The molecule has 138 valence electrons. The van der Waals surface area contributed by atoms with Crippen LogP contribution in [-0.4, -0.2) is 26.2 Å². The van der Waals surface area contributed by atoms with Crippen molar-refractivity contribution in [3.8, 4) is 17.2 Å². The van der Waals surface area contributed by atoms with E-state index in [1.54, 1.807) is 12.1 Å². The van der Waals surface area contributed by atoms with E-state index in [-0.39, 0.29) is 12.4 Å². The van der Waals surface area contributed by atoms with E-state index in [0.717, 1.165) is 5.56 Å². The van der Waals surface area contributed by atoms with Gasteiger partial charge in [0.25, 0.3) is 5.91 Å². The molecule has 0 aliphatic carbocycles. The van der Waals surface area contributed by atoms with E-state index in [1.807, 2.05) is 12.1 Å². The number of hydrogen-bond acceptors (Lipinski definition) is 4. The fourth-order valence-electron chi connectivity index (χ4n) is 2.18. The molecule has 0 saturated heterocycles. The fourth-order valence-corrected chi connectivity index (χ4v) is 2.18. The van der Waals surface area contributed by atoms with Gasteiger partial charge in [-0.05, 0) is 48.4 Å². The maximum Gasteiger partial charge on any atom is 0.387 e. The van der Waals surface area contributed by atoms with Crippen LogP contribution < -0.4 is 19.5 Å². The number of rotatable bonds is 9. The second-order valence-corrected chi connectivity index (χ2v) is 5.22. The Morgan fingerprint density at radius 2 is 1.92 bits per heavy atom. The number of methoxy groups -OCH3 is 1. The molecule has 7 heteroatoms. The molecule has 2 rings (SSSR count). The third kappa shape index (κ3) is 5.77. The number of hydrogen-bond donors (Lipinski definition) is 1. The van der Waals surface area contributed by atoms with Gasteiger partial charge < -0.3 is 19.5 Å². The number of anilines is 1. The summed E-state index contributed by atoms with van der Waals surface area (Å²) >= 11 is 0. The Bertz CT molecular complexity index is 748. The fraction of sp³-hybridized carbons (Fsp3) is 0.211. The van der Waals surface area contributed by atoms with Gasteiger partial charge in [-0.1, -0.05) is 12.1 Å². The lowest BCUT2D eigenvalue weighted by molar-refractivity contribution is -0.118. The Kier molecular flexibility index (Phi) is 6.96. The third-order valence-corrected chi connectivity index (χ3v) is 3.33. The van der Waals surface area contributed by atoms with Crippen LogP contribution in [0.2, 0.25) is 0 Å². The summed E-state index contributed by atoms with van der Waals surface area (Å²) in [4.78, 5) is 12.0. The predicted octanol–water partition coefficient (Wildman–Crippen LogP) is 4.04. The number of allylic oxidation sites excluding steroid dienone is 1. The number of ether oxygens (including phenoxy) is 3. The molecule has 0 radical (unpaired) electrons. The van der Waals surface area contributed by atoms with Gasteiger partial charge in [0, 0.05) is 5.69 Å². The van der Waals surface area contributed by atoms with E-state index in [0.29, 0.717) is 23.6 Å². The minimum Gasteiger partial charge on any atom is -0.493 e. The van der Waals surface area contributed by atoms with Crippen LogP contribution >= 0.6 is 0 Å². The number of carbonyl (C=O) groups excluding carboxylic acids is 1. The largest absolute Gasteiger partial charge is 0.493 e.